The highest BCUT2D eigenvalue weighted by atomic mass is 16.2. The van der Waals surface area contributed by atoms with Crippen molar-refractivity contribution >= 4 is 11.8 Å². The van der Waals surface area contributed by atoms with Crippen LogP contribution in [0.2, 0.25) is 0 Å². The molecule has 1 saturated heterocycles. The predicted molar refractivity (Wildman–Crippen MR) is 63.8 cm³/mol. The van der Waals surface area contributed by atoms with Crippen LogP contribution >= 0.6 is 0 Å². The van der Waals surface area contributed by atoms with Crippen molar-refractivity contribution in [3.63, 3.8) is 0 Å². The van der Waals surface area contributed by atoms with Gasteiger partial charge in [0, 0.05) is 0 Å². The quantitative estimate of drug-likeness (QED) is 0.718. The van der Waals surface area contributed by atoms with E-state index in [0.29, 0.717) is 5.92 Å². The first-order valence-electron chi connectivity index (χ1n) is 6.10. The van der Waals surface area contributed by atoms with Crippen molar-refractivity contribution in [1.29, 1.82) is 0 Å². The zero-order valence-electron chi connectivity index (χ0n) is 10.3. The van der Waals surface area contributed by atoms with Gasteiger partial charge in [-0.25, -0.2) is 0 Å². The second kappa shape index (κ2) is 4.40. The van der Waals surface area contributed by atoms with Crippen LogP contribution in [0.1, 0.15) is 26.7 Å². The van der Waals surface area contributed by atoms with E-state index in [4.69, 9.17) is 6.42 Å². The molecule has 1 heterocycles. The molecular weight excluding hydrogens is 216 g/mol. The second-order valence-electron chi connectivity index (χ2n) is 5.18. The Morgan fingerprint density at radius 3 is 2.59 bits per heavy atom. The molecule has 0 aromatic carbocycles. The summed E-state index contributed by atoms with van der Waals surface area (Å²) in [6.45, 7) is 4.08. The third kappa shape index (κ3) is 2.14. The fraction of sp³-hybridized carbons (Fsp3) is 0.692. The zero-order chi connectivity index (χ0) is 12.6. The molecule has 0 aromatic heterocycles. The Bertz CT molecular complexity index is 379. The van der Waals surface area contributed by atoms with Gasteiger partial charge in [-0.1, -0.05) is 19.8 Å². The molecule has 1 aliphatic heterocycles. The van der Waals surface area contributed by atoms with Crippen LogP contribution in [0.25, 0.3) is 0 Å². The van der Waals surface area contributed by atoms with Crippen molar-refractivity contribution in [1.82, 2.24) is 10.2 Å². The second-order valence-corrected chi connectivity index (χ2v) is 5.18. The fourth-order valence-corrected chi connectivity index (χ4v) is 2.44. The number of nitrogens with zero attached hydrogens (tertiary/aromatic N) is 1. The third-order valence-corrected chi connectivity index (χ3v) is 3.44. The van der Waals surface area contributed by atoms with Gasteiger partial charge in [-0.2, -0.15) is 0 Å². The number of carbonyl (C=O) groups excluding carboxylic acids is 2. The Morgan fingerprint density at radius 2 is 2.12 bits per heavy atom. The van der Waals surface area contributed by atoms with E-state index in [9.17, 15) is 9.59 Å². The first-order chi connectivity index (χ1) is 8.06. The lowest BCUT2D eigenvalue weighted by Crippen LogP contribution is -2.65. The Balaban J connectivity index is 2.22. The molecule has 2 rings (SSSR count). The summed E-state index contributed by atoms with van der Waals surface area (Å²) >= 11 is 0. The predicted octanol–water partition coefficient (Wildman–Crippen LogP) is 0.381. The minimum Gasteiger partial charge on any atom is -0.342 e. The van der Waals surface area contributed by atoms with Gasteiger partial charge in [-0.3, -0.25) is 9.59 Å². The number of hydrogen-bond acceptors (Lipinski definition) is 2. The summed E-state index contributed by atoms with van der Waals surface area (Å²) in [6.07, 6.45) is 7.33. The number of amides is 2. The molecule has 1 saturated carbocycles. The largest absolute Gasteiger partial charge is 0.342 e. The maximum absolute atomic E-state index is 12.3. The minimum absolute atomic E-state index is 0.0104. The van der Waals surface area contributed by atoms with Gasteiger partial charge in [0.15, 0.2) is 0 Å². The first-order valence-corrected chi connectivity index (χ1v) is 6.10. The molecule has 2 fully saturated rings. The van der Waals surface area contributed by atoms with Crippen molar-refractivity contribution in [3.8, 4) is 12.3 Å². The highest BCUT2D eigenvalue weighted by molar-refractivity contribution is 5.97. The van der Waals surface area contributed by atoms with Crippen LogP contribution in [0.4, 0.5) is 0 Å². The lowest BCUT2D eigenvalue weighted by molar-refractivity contribution is -0.150. The van der Waals surface area contributed by atoms with E-state index in [2.05, 4.69) is 11.2 Å². The SMILES string of the molecule is C#CCN1C(=O)C(C2CC2)NC(=O)C1C(C)C. The number of terminal acetylenes is 1. The highest BCUT2D eigenvalue weighted by Gasteiger charge is 2.47. The van der Waals surface area contributed by atoms with Crippen LogP contribution < -0.4 is 5.32 Å². The van der Waals surface area contributed by atoms with Gasteiger partial charge < -0.3 is 10.2 Å². The van der Waals surface area contributed by atoms with Crippen molar-refractivity contribution in [2.75, 3.05) is 6.54 Å². The molecule has 2 atom stereocenters. The van der Waals surface area contributed by atoms with Gasteiger partial charge in [-0.05, 0) is 24.7 Å². The number of hydrogen-bond donors (Lipinski definition) is 1. The normalized spacial score (nSPS) is 29.2. The smallest absolute Gasteiger partial charge is 0.246 e. The van der Waals surface area contributed by atoms with Gasteiger partial charge in [0.1, 0.15) is 12.1 Å². The molecule has 2 unspecified atom stereocenters. The van der Waals surface area contributed by atoms with Crippen LogP contribution in [0, 0.1) is 24.2 Å². The van der Waals surface area contributed by atoms with Crippen molar-refractivity contribution < 1.29 is 9.59 Å². The van der Waals surface area contributed by atoms with Crippen LogP contribution in [0.15, 0.2) is 0 Å². The molecular formula is C13H18N2O2. The van der Waals surface area contributed by atoms with Crippen molar-refractivity contribution in [2.45, 2.75) is 38.8 Å². The summed E-state index contributed by atoms with van der Waals surface area (Å²) in [7, 11) is 0. The van der Waals surface area contributed by atoms with E-state index in [0.717, 1.165) is 12.8 Å². The summed E-state index contributed by atoms with van der Waals surface area (Å²) < 4.78 is 0. The number of piperazine rings is 1. The zero-order valence-corrected chi connectivity index (χ0v) is 10.3. The van der Waals surface area contributed by atoms with Crippen molar-refractivity contribution in [3.05, 3.63) is 0 Å². The summed E-state index contributed by atoms with van der Waals surface area (Å²) in [5.74, 6) is 2.80. The Kier molecular flexibility index (Phi) is 3.10. The van der Waals surface area contributed by atoms with E-state index in [-0.39, 0.29) is 30.3 Å². The molecule has 0 radical (unpaired) electrons. The van der Waals surface area contributed by atoms with Crippen LogP contribution in [-0.4, -0.2) is 35.3 Å². The standard InChI is InChI=1S/C13H18N2O2/c1-4-7-15-11(8(2)3)12(16)14-10(13(15)17)9-5-6-9/h1,8-11H,5-7H2,2-3H3,(H,14,16). The summed E-state index contributed by atoms with van der Waals surface area (Å²) in [5, 5.41) is 2.85. The monoisotopic (exact) mass is 234 g/mol. The molecule has 1 N–H and O–H groups in total. The molecule has 0 spiro atoms. The molecule has 1 aliphatic carbocycles. The third-order valence-electron chi connectivity index (χ3n) is 3.44. The molecule has 17 heavy (non-hydrogen) atoms. The van der Waals surface area contributed by atoms with Gasteiger partial charge in [0.05, 0.1) is 6.54 Å². The lowest BCUT2D eigenvalue weighted by Gasteiger charge is -2.40. The summed E-state index contributed by atoms with van der Waals surface area (Å²) in [4.78, 5) is 25.9. The van der Waals surface area contributed by atoms with Gasteiger partial charge in [0.25, 0.3) is 0 Å². The molecule has 0 aromatic rings. The highest BCUT2D eigenvalue weighted by Crippen LogP contribution is 2.35. The fourth-order valence-electron chi connectivity index (χ4n) is 2.44. The molecule has 0 bridgehead atoms. The lowest BCUT2D eigenvalue weighted by atomic mass is 9.95. The van der Waals surface area contributed by atoms with Gasteiger partial charge in [0.2, 0.25) is 11.8 Å². The Labute approximate surface area is 102 Å². The Morgan fingerprint density at radius 1 is 1.47 bits per heavy atom. The van der Waals surface area contributed by atoms with E-state index in [1.165, 1.54) is 0 Å². The van der Waals surface area contributed by atoms with Gasteiger partial charge in [-0.15, -0.1) is 6.42 Å². The first kappa shape index (κ1) is 12.0. The van der Waals surface area contributed by atoms with Crippen LogP contribution in [-0.2, 0) is 9.59 Å². The van der Waals surface area contributed by atoms with Crippen LogP contribution in [0.5, 0.6) is 0 Å². The van der Waals surface area contributed by atoms with Crippen molar-refractivity contribution in [2.24, 2.45) is 11.8 Å². The van der Waals surface area contributed by atoms with E-state index >= 15 is 0 Å². The maximum Gasteiger partial charge on any atom is 0.246 e. The number of nitrogens with one attached hydrogen (secondary N) is 1. The van der Waals surface area contributed by atoms with Gasteiger partial charge >= 0.3 is 0 Å². The van der Waals surface area contributed by atoms with E-state index < -0.39 is 6.04 Å². The minimum atomic E-state index is -0.423. The Hall–Kier alpha value is -1.50. The molecule has 2 aliphatic rings. The average Bonchev–Trinajstić information content (AvgIpc) is 3.06. The van der Waals surface area contributed by atoms with Crippen LogP contribution in [0.3, 0.4) is 0 Å². The van der Waals surface area contributed by atoms with E-state index in [1.54, 1.807) is 4.90 Å². The number of rotatable bonds is 3. The van der Waals surface area contributed by atoms with E-state index in [1.807, 2.05) is 13.8 Å². The number of carbonyl (C=O) groups is 2. The topological polar surface area (TPSA) is 49.4 Å². The summed E-state index contributed by atoms with van der Waals surface area (Å²) in [5.41, 5.74) is 0. The maximum atomic E-state index is 12.3. The average molecular weight is 234 g/mol. The molecule has 2 amide bonds. The summed E-state index contributed by atoms with van der Waals surface area (Å²) in [6, 6.07) is -0.764. The molecule has 4 nitrogen and oxygen atoms in total. The molecule has 4 heteroatoms. The molecule has 92 valence electrons.